The van der Waals surface area contributed by atoms with E-state index < -0.39 is 10.0 Å². The first-order valence-corrected chi connectivity index (χ1v) is 11.1. The highest BCUT2D eigenvalue weighted by Gasteiger charge is 2.33. The molecule has 3 aliphatic rings. The molecule has 0 unspecified atom stereocenters. The third-order valence-corrected chi connectivity index (χ3v) is 7.17. The van der Waals surface area contributed by atoms with Gasteiger partial charge in [-0.05, 0) is 31.4 Å². The molecule has 5 rings (SSSR count). The molecule has 1 aliphatic carbocycles. The number of sulfonamides is 1. The molecular formula is C17H19N5O2S2. The molecule has 1 saturated carbocycles. The summed E-state index contributed by atoms with van der Waals surface area (Å²) in [6, 6.07) is 7.08. The van der Waals surface area contributed by atoms with Crippen LogP contribution in [0.25, 0.3) is 0 Å². The summed E-state index contributed by atoms with van der Waals surface area (Å²) in [5.41, 5.74) is 0.716. The molecule has 1 aromatic heterocycles. The largest absolute Gasteiger partial charge is 0.354 e. The van der Waals surface area contributed by atoms with E-state index in [0.717, 1.165) is 43.6 Å². The standard InChI is InChI=1S/C17H19N5O2S2/c23-26(24)14-5-2-1-4-13(14)16(20-26)21-8-3-9-22(11-10-21)17-18-15(19-25-17)12-6-7-12/h1-2,4-5,12H,3,6-11H2. The Labute approximate surface area is 156 Å². The maximum atomic E-state index is 12.3. The van der Waals surface area contributed by atoms with Crippen molar-refractivity contribution < 1.29 is 8.42 Å². The Bertz CT molecular complexity index is 981. The first-order valence-electron chi connectivity index (χ1n) is 8.90. The van der Waals surface area contributed by atoms with Gasteiger partial charge in [0.1, 0.15) is 10.7 Å². The Morgan fingerprint density at radius 3 is 2.65 bits per heavy atom. The number of amidine groups is 1. The minimum absolute atomic E-state index is 0.314. The number of nitrogens with zero attached hydrogens (tertiary/aromatic N) is 5. The van der Waals surface area contributed by atoms with E-state index in [1.165, 1.54) is 24.4 Å². The minimum Gasteiger partial charge on any atom is -0.354 e. The molecule has 2 aliphatic heterocycles. The zero-order chi connectivity index (χ0) is 17.7. The number of fused-ring (bicyclic) bond motifs is 1. The zero-order valence-electron chi connectivity index (χ0n) is 14.2. The SMILES string of the molecule is O=S1(=O)N=C(N2CCCN(c3nc(C4CC4)ns3)CC2)c2ccccc21. The maximum Gasteiger partial charge on any atom is 0.285 e. The lowest BCUT2D eigenvalue weighted by Gasteiger charge is -2.23. The average molecular weight is 390 g/mol. The number of aromatic nitrogens is 2. The van der Waals surface area contributed by atoms with Crippen LogP contribution in [-0.4, -0.2) is 54.7 Å². The van der Waals surface area contributed by atoms with E-state index in [0.29, 0.717) is 22.2 Å². The number of rotatable bonds is 2. The Balaban J connectivity index is 1.36. The summed E-state index contributed by atoms with van der Waals surface area (Å²) in [7, 11) is -3.57. The molecule has 2 aromatic rings. The zero-order valence-corrected chi connectivity index (χ0v) is 15.8. The number of anilines is 1. The molecule has 0 radical (unpaired) electrons. The van der Waals surface area contributed by atoms with Gasteiger partial charge in [-0.2, -0.15) is 12.8 Å². The van der Waals surface area contributed by atoms with Crippen LogP contribution in [0.15, 0.2) is 33.6 Å². The van der Waals surface area contributed by atoms with Crippen LogP contribution in [0, 0.1) is 0 Å². The third kappa shape index (κ3) is 2.79. The first kappa shape index (κ1) is 16.2. The molecular weight excluding hydrogens is 370 g/mol. The highest BCUT2D eigenvalue weighted by molar-refractivity contribution is 7.90. The fourth-order valence-electron chi connectivity index (χ4n) is 3.50. The van der Waals surface area contributed by atoms with E-state index in [1.807, 2.05) is 12.1 Å². The van der Waals surface area contributed by atoms with Crippen LogP contribution in [0.1, 0.15) is 36.6 Å². The Morgan fingerprint density at radius 1 is 1.04 bits per heavy atom. The summed E-state index contributed by atoms with van der Waals surface area (Å²) >= 11 is 1.48. The van der Waals surface area contributed by atoms with E-state index in [2.05, 4.69) is 18.6 Å². The van der Waals surface area contributed by atoms with Gasteiger partial charge in [-0.15, -0.1) is 4.40 Å². The summed E-state index contributed by atoms with van der Waals surface area (Å²) in [6.07, 6.45) is 3.34. The molecule has 7 nitrogen and oxygen atoms in total. The van der Waals surface area contributed by atoms with Crippen molar-refractivity contribution in [3.05, 3.63) is 35.7 Å². The summed E-state index contributed by atoms with van der Waals surface area (Å²) in [5.74, 6) is 2.14. The van der Waals surface area contributed by atoms with Crippen molar-refractivity contribution in [2.24, 2.45) is 4.40 Å². The Hall–Kier alpha value is -2.00. The van der Waals surface area contributed by atoms with Crippen molar-refractivity contribution in [3.8, 4) is 0 Å². The van der Waals surface area contributed by atoms with Gasteiger partial charge in [0, 0.05) is 49.2 Å². The van der Waals surface area contributed by atoms with Gasteiger partial charge >= 0.3 is 0 Å². The fraction of sp³-hybridized carbons (Fsp3) is 0.471. The van der Waals surface area contributed by atoms with Crippen molar-refractivity contribution in [1.82, 2.24) is 14.3 Å². The van der Waals surface area contributed by atoms with Gasteiger partial charge in [0.15, 0.2) is 5.84 Å². The molecule has 1 aromatic carbocycles. The fourth-order valence-corrected chi connectivity index (χ4v) is 5.52. The summed E-state index contributed by atoms with van der Waals surface area (Å²) in [5, 5.41) is 0.982. The van der Waals surface area contributed by atoms with Gasteiger partial charge in [0.25, 0.3) is 10.0 Å². The second kappa shape index (κ2) is 6.02. The van der Waals surface area contributed by atoms with Crippen LogP contribution in [0.3, 0.4) is 0 Å². The number of benzene rings is 1. The van der Waals surface area contributed by atoms with Crippen LogP contribution < -0.4 is 4.90 Å². The lowest BCUT2D eigenvalue weighted by atomic mass is 10.2. The number of hydrogen-bond acceptors (Lipinski definition) is 7. The van der Waals surface area contributed by atoms with Crippen molar-refractivity contribution in [2.45, 2.75) is 30.1 Å². The maximum absolute atomic E-state index is 12.3. The van der Waals surface area contributed by atoms with Crippen LogP contribution in [0.4, 0.5) is 5.13 Å². The predicted octanol–water partition coefficient (Wildman–Crippen LogP) is 2.08. The average Bonchev–Trinajstić information content (AvgIpc) is 3.37. The third-order valence-electron chi connectivity index (χ3n) is 5.05. The molecule has 0 bridgehead atoms. The van der Waals surface area contributed by atoms with Gasteiger partial charge in [0.05, 0.1) is 0 Å². The van der Waals surface area contributed by atoms with E-state index in [1.54, 1.807) is 12.1 Å². The smallest absolute Gasteiger partial charge is 0.285 e. The van der Waals surface area contributed by atoms with Crippen molar-refractivity contribution in [3.63, 3.8) is 0 Å². The highest BCUT2D eigenvalue weighted by atomic mass is 32.2. The molecule has 1 saturated heterocycles. The second-order valence-electron chi connectivity index (χ2n) is 6.92. The predicted molar refractivity (Wildman–Crippen MR) is 100 cm³/mol. The number of hydrogen-bond donors (Lipinski definition) is 0. The molecule has 0 spiro atoms. The van der Waals surface area contributed by atoms with Crippen LogP contribution >= 0.6 is 11.5 Å². The van der Waals surface area contributed by atoms with E-state index in [-0.39, 0.29) is 0 Å². The van der Waals surface area contributed by atoms with Gasteiger partial charge in [0.2, 0.25) is 5.13 Å². The Kier molecular flexibility index (Phi) is 3.75. The van der Waals surface area contributed by atoms with Gasteiger partial charge in [-0.25, -0.2) is 4.98 Å². The summed E-state index contributed by atoms with van der Waals surface area (Å²) in [6.45, 7) is 3.20. The normalized spacial score (nSPS) is 22.1. The van der Waals surface area contributed by atoms with E-state index in [9.17, 15) is 8.42 Å². The molecule has 2 fully saturated rings. The molecule has 3 heterocycles. The first-order chi connectivity index (χ1) is 12.6. The topological polar surface area (TPSA) is 78.8 Å². The molecule has 26 heavy (non-hydrogen) atoms. The van der Waals surface area contributed by atoms with Crippen molar-refractivity contribution in [2.75, 3.05) is 31.1 Å². The molecule has 0 amide bonds. The van der Waals surface area contributed by atoms with Crippen LogP contribution in [0.5, 0.6) is 0 Å². The Morgan fingerprint density at radius 2 is 1.81 bits per heavy atom. The lowest BCUT2D eigenvalue weighted by molar-refractivity contribution is 0.450. The van der Waals surface area contributed by atoms with E-state index >= 15 is 0 Å². The quantitative estimate of drug-likeness (QED) is 0.782. The highest BCUT2D eigenvalue weighted by Crippen LogP contribution is 2.39. The van der Waals surface area contributed by atoms with Gasteiger partial charge in [-0.3, -0.25) is 0 Å². The van der Waals surface area contributed by atoms with Crippen molar-refractivity contribution in [1.29, 1.82) is 0 Å². The van der Waals surface area contributed by atoms with Crippen LogP contribution in [-0.2, 0) is 10.0 Å². The summed E-state index contributed by atoms with van der Waals surface area (Å²) in [4.78, 5) is 9.37. The molecule has 0 N–H and O–H groups in total. The molecule has 0 atom stereocenters. The lowest BCUT2D eigenvalue weighted by Crippen LogP contribution is -2.35. The van der Waals surface area contributed by atoms with Gasteiger partial charge in [-0.1, -0.05) is 12.1 Å². The monoisotopic (exact) mass is 389 g/mol. The van der Waals surface area contributed by atoms with Crippen LogP contribution in [0.2, 0.25) is 0 Å². The summed E-state index contributed by atoms with van der Waals surface area (Å²) < 4.78 is 33.2. The van der Waals surface area contributed by atoms with Gasteiger partial charge < -0.3 is 9.80 Å². The molecule has 9 heteroatoms. The minimum atomic E-state index is -3.57. The molecule has 136 valence electrons. The van der Waals surface area contributed by atoms with E-state index in [4.69, 9.17) is 4.98 Å². The van der Waals surface area contributed by atoms with Crippen molar-refractivity contribution >= 4 is 32.5 Å². The second-order valence-corrected chi connectivity index (χ2v) is 9.23.